The third-order valence-electron chi connectivity index (χ3n) is 24.1. The van der Waals surface area contributed by atoms with Crippen LogP contribution in [0.3, 0.4) is 0 Å². The van der Waals surface area contributed by atoms with Gasteiger partial charge in [-0.05, 0) is 212 Å². The second-order valence-corrected chi connectivity index (χ2v) is 32.2. The minimum Gasteiger partial charge on any atom is -0.497 e. The smallest absolute Gasteiger partial charge is 0.178 e. The van der Waals surface area contributed by atoms with Crippen LogP contribution in [-0.2, 0) is 22.0 Å². The Hall–Kier alpha value is -7.52. The molecule has 0 bridgehead atoms. The molecule has 0 radical (unpaired) electrons. The standard InChI is InChI=1S/C84H82O6S2/c1-11-79(12-2)38-42-81(43-39-79)65-24-17-15-22-57(65)71-61-47-67-69(91-77(5,6)87-67)49-63(61)75-59(73(71)81)34-36-83(89-75,51-26-30-55(85-9)31-27-51)53-20-19-21-54(46-53)84(52-28-32-56(86-10)33-29-52)37-35-60-74-72(62-48-68-70(92-78(7,8)88-68)50-64(62)76(60)90-84)58-23-16-18-25-66(58)82(74)44-40-80(13-3,14-4)41-45-82/h15-37,46-50H,11-14,38-45H2,1-10H3. The fraction of sp³-hybridized carbons (Fsp3) is 0.357. The SMILES string of the molecule is CCC1(CC)CCC2(CC1)c1ccccc1-c1c2c2c(c3cc4c(cc13)OC(C)(C)S4)OC(c1ccc(OC)cc1)(c1cccc(C3(c4ccc(OC)cc4)C=Cc4c5c(c6cc7c(cc6c4O3)SC(C)(C)O7)-c3ccccc3C53CCC(CC)(CC)CC3)c1)C=C2. The lowest BCUT2D eigenvalue weighted by Crippen LogP contribution is -2.39. The van der Waals surface area contributed by atoms with Gasteiger partial charge in [-0.1, -0.05) is 180 Å². The zero-order valence-corrected chi connectivity index (χ0v) is 56.6. The lowest BCUT2D eigenvalue weighted by Gasteiger charge is -2.47. The molecule has 2 fully saturated rings. The van der Waals surface area contributed by atoms with E-state index in [1.807, 2.05) is 0 Å². The first kappa shape index (κ1) is 58.3. The van der Waals surface area contributed by atoms with Crippen LogP contribution in [0, 0.1) is 10.8 Å². The van der Waals surface area contributed by atoms with Crippen LogP contribution in [0.4, 0.5) is 0 Å². The first-order valence-electron chi connectivity index (χ1n) is 34.0. The van der Waals surface area contributed by atoms with Gasteiger partial charge in [0.1, 0.15) is 34.5 Å². The molecule has 6 nitrogen and oxygen atoms in total. The summed E-state index contributed by atoms with van der Waals surface area (Å²) in [6, 6.07) is 54.3. The summed E-state index contributed by atoms with van der Waals surface area (Å²) in [5.41, 5.74) is 15.4. The Labute approximate surface area is 551 Å². The summed E-state index contributed by atoms with van der Waals surface area (Å²) in [5, 5.41) is 4.55. The number of benzene rings is 9. The molecule has 0 saturated heterocycles. The van der Waals surface area contributed by atoms with Gasteiger partial charge in [-0.3, -0.25) is 0 Å². The predicted molar refractivity (Wildman–Crippen MR) is 378 cm³/mol. The molecule has 4 heterocycles. The predicted octanol–water partition coefficient (Wildman–Crippen LogP) is 22.4. The summed E-state index contributed by atoms with van der Waals surface area (Å²) in [5.74, 6) is 5.25. The van der Waals surface area contributed by atoms with Crippen molar-refractivity contribution < 1.29 is 28.4 Å². The minimum atomic E-state index is -1.12. The normalized spacial score (nSPS) is 22.6. The highest BCUT2D eigenvalue weighted by Gasteiger charge is 2.55. The Kier molecular flexibility index (Phi) is 13.0. The molecule has 0 aromatic heterocycles. The van der Waals surface area contributed by atoms with Crippen LogP contribution in [0.1, 0.15) is 188 Å². The van der Waals surface area contributed by atoms with Crippen molar-refractivity contribution in [3.05, 3.63) is 213 Å². The average Bonchev–Trinajstić information content (AvgIpc) is 1.53. The first-order valence-corrected chi connectivity index (χ1v) is 35.6. The van der Waals surface area contributed by atoms with Crippen molar-refractivity contribution in [1.29, 1.82) is 0 Å². The van der Waals surface area contributed by atoms with Crippen molar-refractivity contribution in [2.75, 3.05) is 14.2 Å². The van der Waals surface area contributed by atoms with Gasteiger partial charge < -0.3 is 28.4 Å². The van der Waals surface area contributed by atoms with E-state index in [2.05, 4.69) is 225 Å². The molecule has 2 saturated carbocycles. The lowest BCUT2D eigenvalue weighted by molar-refractivity contribution is 0.132. The number of hydrogen-bond donors (Lipinski definition) is 0. The fourth-order valence-corrected chi connectivity index (χ4v) is 20.8. The number of methoxy groups -OCH3 is 2. The van der Waals surface area contributed by atoms with E-state index < -0.39 is 21.1 Å². The van der Waals surface area contributed by atoms with E-state index in [-0.39, 0.29) is 10.8 Å². The Balaban J connectivity index is 0.896. The molecule has 4 aliphatic heterocycles. The van der Waals surface area contributed by atoms with Crippen molar-refractivity contribution in [3.63, 3.8) is 0 Å². The van der Waals surface area contributed by atoms with Crippen LogP contribution in [-0.4, -0.2) is 24.1 Å². The van der Waals surface area contributed by atoms with Crippen molar-refractivity contribution >= 4 is 57.2 Å². The van der Waals surface area contributed by atoms with E-state index in [0.29, 0.717) is 10.8 Å². The summed E-state index contributed by atoms with van der Waals surface area (Å²) in [7, 11) is 3.48. The number of hydrogen-bond acceptors (Lipinski definition) is 8. The van der Waals surface area contributed by atoms with E-state index >= 15 is 0 Å². The van der Waals surface area contributed by atoms with Gasteiger partial charge in [0, 0.05) is 55.0 Å². The highest BCUT2D eigenvalue weighted by atomic mass is 32.2. The molecule has 2 atom stereocenters. The van der Waals surface area contributed by atoms with Gasteiger partial charge in [-0.15, -0.1) is 0 Å². The van der Waals surface area contributed by atoms with Crippen LogP contribution in [0.2, 0.25) is 0 Å². The second kappa shape index (κ2) is 20.5. The van der Waals surface area contributed by atoms with Crippen LogP contribution < -0.4 is 28.4 Å². The Morgan fingerprint density at radius 2 is 0.793 bits per heavy atom. The van der Waals surface area contributed by atoms with Gasteiger partial charge in [0.2, 0.25) is 0 Å². The highest BCUT2D eigenvalue weighted by Crippen LogP contribution is 2.68. The quantitative estimate of drug-likeness (QED) is 0.134. The van der Waals surface area contributed by atoms with E-state index in [9.17, 15) is 0 Å². The molecule has 2 unspecified atom stereocenters. The van der Waals surface area contributed by atoms with Crippen molar-refractivity contribution in [2.24, 2.45) is 10.8 Å². The summed E-state index contributed by atoms with van der Waals surface area (Å²) < 4.78 is 42.1. The topological polar surface area (TPSA) is 55.4 Å². The zero-order chi connectivity index (χ0) is 63.0. The molecule has 9 aromatic rings. The molecule has 2 spiro atoms. The largest absolute Gasteiger partial charge is 0.497 e. The van der Waals surface area contributed by atoms with Gasteiger partial charge in [-0.2, -0.15) is 0 Å². The van der Waals surface area contributed by atoms with Crippen molar-refractivity contribution in [2.45, 2.75) is 174 Å². The highest BCUT2D eigenvalue weighted by molar-refractivity contribution is 8.01. The summed E-state index contributed by atoms with van der Waals surface area (Å²) in [6.45, 7) is 18.3. The van der Waals surface area contributed by atoms with Gasteiger partial charge in [0.25, 0.3) is 0 Å². The van der Waals surface area contributed by atoms with Crippen molar-refractivity contribution in [1.82, 2.24) is 0 Å². The maximum absolute atomic E-state index is 8.32. The third kappa shape index (κ3) is 8.20. The number of rotatable bonds is 10. The van der Waals surface area contributed by atoms with Gasteiger partial charge in [0.05, 0.1) is 24.0 Å². The molecule has 92 heavy (non-hydrogen) atoms. The average molecular weight is 1250 g/mol. The number of fused-ring (bicyclic) bond motifs is 22. The van der Waals surface area contributed by atoms with Crippen LogP contribution in [0.25, 0.3) is 56.0 Å². The van der Waals surface area contributed by atoms with Gasteiger partial charge in [-0.25, -0.2) is 0 Å². The number of ether oxygens (including phenoxy) is 6. The van der Waals surface area contributed by atoms with E-state index in [1.165, 1.54) is 118 Å². The molecule has 4 aliphatic carbocycles. The molecule has 17 rings (SSSR count). The van der Waals surface area contributed by atoms with Crippen LogP contribution in [0.15, 0.2) is 168 Å². The number of thioether (sulfide) groups is 2. The molecule has 466 valence electrons. The van der Waals surface area contributed by atoms with Crippen LogP contribution in [0.5, 0.6) is 34.5 Å². The molecule has 8 aliphatic rings. The molecular formula is C84H82O6S2. The zero-order valence-electron chi connectivity index (χ0n) is 54.9. The van der Waals surface area contributed by atoms with E-state index in [0.717, 1.165) is 103 Å². The maximum atomic E-state index is 8.32. The Morgan fingerprint density at radius 1 is 0.402 bits per heavy atom. The first-order chi connectivity index (χ1) is 44.5. The molecule has 0 N–H and O–H groups in total. The van der Waals surface area contributed by atoms with Gasteiger partial charge >= 0.3 is 0 Å². The fourth-order valence-electron chi connectivity index (χ4n) is 18.8. The Bertz CT molecular complexity index is 4330. The van der Waals surface area contributed by atoms with Gasteiger partial charge in [0.15, 0.2) is 21.1 Å². The molecule has 8 heteroatoms. The van der Waals surface area contributed by atoms with E-state index in [4.69, 9.17) is 28.4 Å². The second-order valence-electron chi connectivity index (χ2n) is 28.9. The summed E-state index contributed by atoms with van der Waals surface area (Å²) in [6.07, 6.45) is 23.5. The van der Waals surface area contributed by atoms with Crippen LogP contribution >= 0.6 is 23.5 Å². The minimum absolute atomic E-state index is 0.188. The monoisotopic (exact) mass is 1250 g/mol. The summed E-state index contributed by atoms with van der Waals surface area (Å²) >= 11 is 3.57. The molecule has 0 amide bonds. The van der Waals surface area contributed by atoms with Crippen molar-refractivity contribution in [3.8, 4) is 56.8 Å². The molecular weight excluding hydrogens is 1170 g/mol. The lowest BCUT2D eigenvalue weighted by atomic mass is 9.58. The third-order valence-corrected chi connectivity index (χ3v) is 26.3. The molecule has 9 aromatic carbocycles. The summed E-state index contributed by atoms with van der Waals surface area (Å²) in [4.78, 5) is 1.41. The maximum Gasteiger partial charge on any atom is 0.178 e. The van der Waals surface area contributed by atoms with E-state index in [1.54, 1.807) is 37.7 Å². The Morgan fingerprint density at radius 3 is 1.17 bits per heavy atom.